The first kappa shape index (κ1) is 33.9. The normalized spacial score (nSPS) is 23.4. The Morgan fingerprint density at radius 2 is 1.80 bits per heavy atom. The van der Waals surface area contributed by atoms with Gasteiger partial charge in [-0.15, -0.1) is 28.6 Å². The van der Waals surface area contributed by atoms with Crippen molar-refractivity contribution in [2.45, 2.75) is 51.3 Å². The molecule has 7 unspecified atom stereocenters. The van der Waals surface area contributed by atoms with Crippen molar-refractivity contribution in [3.8, 4) is 27.3 Å². The van der Waals surface area contributed by atoms with E-state index in [0.29, 0.717) is 17.9 Å². The first-order valence-corrected chi connectivity index (χ1v) is 18.8. The fourth-order valence-corrected chi connectivity index (χ4v) is 9.87. The van der Waals surface area contributed by atoms with Gasteiger partial charge in [-0.05, 0) is 103 Å². The molecule has 0 spiro atoms. The summed E-state index contributed by atoms with van der Waals surface area (Å²) in [4.78, 5) is 22.7. The highest BCUT2D eigenvalue weighted by Crippen LogP contribution is 2.46. The van der Waals surface area contributed by atoms with E-state index in [9.17, 15) is 15.0 Å². The van der Waals surface area contributed by atoms with Crippen molar-refractivity contribution in [1.29, 1.82) is 0 Å². The largest absolute Gasteiger partial charge is 0.507 e. The van der Waals surface area contributed by atoms with Crippen LogP contribution in [-0.4, -0.2) is 47.2 Å². The average molecular weight is 703 g/mol. The molecule has 2 aromatic carbocycles. The quantitative estimate of drug-likeness (QED) is 0.0706. The van der Waals surface area contributed by atoms with Gasteiger partial charge in [-0.25, -0.2) is 0 Å². The van der Waals surface area contributed by atoms with Crippen molar-refractivity contribution in [2.24, 2.45) is 34.4 Å². The second kappa shape index (κ2) is 14.3. The van der Waals surface area contributed by atoms with Crippen molar-refractivity contribution in [1.82, 2.24) is 5.32 Å². The van der Waals surface area contributed by atoms with Crippen molar-refractivity contribution in [2.75, 3.05) is 12.4 Å². The second-order valence-corrected chi connectivity index (χ2v) is 15.6. The topological polar surface area (TPSA) is 120 Å². The molecule has 4 aromatic rings. The molecule has 0 saturated heterocycles. The third kappa shape index (κ3) is 6.76. The fourth-order valence-electron chi connectivity index (χ4n) is 7.86. The Bertz CT molecular complexity index is 2170. The monoisotopic (exact) mass is 702 g/mol. The number of phenolic OH excluding ortho intramolecular Hbond substituents is 1. The highest BCUT2D eigenvalue weighted by Gasteiger charge is 2.44. The van der Waals surface area contributed by atoms with Gasteiger partial charge in [-0.2, -0.15) is 0 Å². The van der Waals surface area contributed by atoms with E-state index in [1.807, 2.05) is 37.3 Å². The number of ketones is 1. The third-order valence-corrected chi connectivity index (χ3v) is 12.6. The van der Waals surface area contributed by atoms with Gasteiger partial charge in [0.25, 0.3) is 0 Å². The van der Waals surface area contributed by atoms with Crippen LogP contribution in [0.3, 0.4) is 0 Å². The first-order chi connectivity index (χ1) is 24.2. The number of Topliss-reactive ketones (excluding diaryl/α,β-unsaturated/α-hetero) is 1. The van der Waals surface area contributed by atoms with Gasteiger partial charge in [-0.3, -0.25) is 9.79 Å². The molecule has 7 nitrogen and oxygen atoms in total. The zero-order valence-electron chi connectivity index (χ0n) is 28.4. The Morgan fingerprint density at radius 1 is 1.06 bits per heavy atom. The number of aliphatic hydroxyl groups is 1. The second-order valence-electron chi connectivity index (χ2n) is 13.4. The Hall–Kier alpha value is -4.62. The summed E-state index contributed by atoms with van der Waals surface area (Å²) in [5.74, 6) is 6.91. The van der Waals surface area contributed by atoms with E-state index in [4.69, 9.17) is 5.73 Å². The summed E-state index contributed by atoms with van der Waals surface area (Å²) < 4.78 is 0. The molecule has 6 N–H and O–H groups in total. The minimum Gasteiger partial charge on any atom is -0.507 e. The molecule has 1 fully saturated rings. The minimum absolute atomic E-state index is 0.00879. The SMILES string of the molecule is CC#Cc1ccc(-c2ccc(C(=O)C3CCC(C(Cc4cc(O)c5c(c4)NC(C(C)O)C=C5)NC(N)=NC)C4C=c5ccccc5=CC34)s2)s1. The van der Waals surface area contributed by atoms with E-state index in [-0.39, 0.29) is 47.3 Å². The number of fused-ring (bicyclic) bond motifs is 3. The third-order valence-electron chi connectivity index (χ3n) is 10.3. The maximum atomic E-state index is 14.4. The number of hydrogen-bond acceptors (Lipinski definition) is 7. The number of rotatable bonds is 8. The minimum atomic E-state index is -0.582. The van der Waals surface area contributed by atoms with Crippen LogP contribution in [0.15, 0.2) is 71.7 Å². The number of carbonyl (C=O) groups is 1. The molecule has 9 heteroatoms. The molecule has 0 radical (unpaired) electrons. The molecule has 2 aromatic heterocycles. The van der Waals surface area contributed by atoms with Gasteiger partial charge in [0.2, 0.25) is 0 Å². The summed E-state index contributed by atoms with van der Waals surface area (Å²) >= 11 is 3.23. The maximum absolute atomic E-state index is 14.4. The van der Waals surface area contributed by atoms with E-state index in [2.05, 4.69) is 82.1 Å². The first-order valence-electron chi connectivity index (χ1n) is 17.2. The predicted molar refractivity (Wildman–Crippen MR) is 207 cm³/mol. The number of aliphatic hydroxyl groups excluding tert-OH is 1. The molecule has 1 saturated carbocycles. The van der Waals surface area contributed by atoms with E-state index in [1.54, 1.807) is 36.6 Å². The molecule has 256 valence electrons. The van der Waals surface area contributed by atoms with E-state index in [1.165, 1.54) is 5.22 Å². The zero-order chi connectivity index (χ0) is 34.9. The van der Waals surface area contributed by atoms with Crippen LogP contribution in [0.1, 0.15) is 52.4 Å². The Morgan fingerprint density at radius 3 is 2.54 bits per heavy atom. The van der Waals surface area contributed by atoms with Crippen LogP contribution in [0.2, 0.25) is 0 Å². The molecule has 2 aliphatic carbocycles. The van der Waals surface area contributed by atoms with Crippen LogP contribution in [0.5, 0.6) is 5.75 Å². The van der Waals surface area contributed by atoms with Crippen LogP contribution in [0.4, 0.5) is 5.69 Å². The van der Waals surface area contributed by atoms with Gasteiger partial charge in [0, 0.05) is 40.0 Å². The van der Waals surface area contributed by atoms with Gasteiger partial charge in [0.1, 0.15) is 5.75 Å². The molecule has 3 heterocycles. The molecular weight excluding hydrogens is 661 g/mol. The van der Waals surface area contributed by atoms with Crippen molar-refractivity contribution >= 4 is 58.3 Å². The summed E-state index contributed by atoms with van der Waals surface area (Å²) in [7, 11) is 1.68. The van der Waals surface area contributed by atoms with E-state index < -0.39 is 6.10 Å². The highest BCUT2D eigenvalue weighted by molar-refractivity contribution is 7.23. The predicted octanol–water partition coefficient (Wildman–Crippen LogP) is 5.60. The van der Waals surface area contributed by atoms with Gasteiger partial charge in [0.05, 0.1) is 21.9 Å². The van der Waals surface area contributed by atoms with Crippen LogP contribution in [0, 0.1) is 35.5 Å². The van der Waals surface area contributed by atoms with Crippen LogP contribution in [0.25, 0.3) is 28.0 Å². The molecule has 7 atom stereocenters. The number of guanidine groups is 1. The Balaban J connectivity index is 1.21. The van der Waals surface area contributed by atoms with Crippen LogP contribution < -0.4 is 26.8 Å². The lowest BCUT2D eigenvalue weighted by Crippen LogP contribution is -2.52. The molecule has 50 heavy (non-hydrogen) atoms. The summed E-state index contributed by atoms with van der Waals surface area (Å²) in [5, 5.41) is 30.5. The highest BCUT2D eigenvalue weighted by atomic mass is 32.1. The number of thiophene rings is 2. The lowest BCUT2D eigenvalue weighted by Gasteiger charge is -2.44. The number of nitrogens with two attached hydrogens (primary N) is 1. The number of nitrogens with one attached hydrogen (secondary N) is 2. The van der Waals surface area contributed by atoms with E-state index >= 15 is 0 Å². The Labute approximate surface area is 301 Å². The average Bonchev–Trinajstić information content (AvgIpc) is 3.80. The summed E-state index contributed by atoms with van der Waals surface area (Å²) in [6.45, 7) is 3.59. The van der Waals surface area contributed by atoms with Crippen molar-refractivity contribution in [3.05, 3.63) is 98.1 Å². The van der Waals surface area contributed by atoms with Gasteiger partial charge >= 0.3 is 0 Å². The smallest absolute Gasteiger partial charge is 0.188 e. The number of phenols is 1. The number of carbonyl (C=O) groups excluding carboxylic acids is 1. The van der Waals surface area contributed by atoms with Crippen molar-refractivity contribution in [3.63, 3.8) is 0 Å². The lowest BCUT2D eigenvalue weighted by atomic mass is 9.61. The zero-order valence-corrected chi connectivity index (χ0v) is 30.0. The van der Waals surface area contributed by atoms with Crippen LogP contribution >= 0.6 is 22.7 Å². The number of nitrogens with zero attached hydrogens (tertiary/aromatic N) is 1. The summed E-state index contributed by atoms with van der Waals surface area (Å²) in [6.07, 6.45) is 10.0. The van der Waals surface area contributed by atoms with Gasteiger partial charge in [0.15, 0.2) is 11.7 Å². The number of anilines is 1. The van der Waals surface area contributed by atoms with Crippen LogP contribution in [-0.2, 0) is 6.42 Å². The van der Waals surface area contributed by atoms with E-state index in [0.717, 1.165) is 48.8 Å². The molecular formula is C41H42N4O3S2. The Kier molecular flexibility index (Phi) is 9.69. The summed E-state index contributed by atoms with van der Waals surface area (Å²) in [5.41, 5.74) is 8.79. The molecule has 7 rings (SSSR count). The standard InChI is InChI=1S/C41H42N4O3S2/c1-4-7-27-10-15-37(49-27)38-16-17-39(50-38)40(48)29-12-11-28(31-21-25-8-5-6-9-26(25)22-32(29)31)34(45-41(42)43-3)18-24-19-35-30(36(47)20-24)13-14-33(44-35)23(2)46/h5-6,8-10,13-17,19-23,28-29,31-34,44,46-47H,11-12,18H2,1-3H3,(H3,42,43,45). The molecule has 0 amide bonds. The van der Waals surface area contributed by atoms with Crippen molar-refractivity contribution < 1.29 is 15.0 Å². The maximum Gasteiger partial charge on any atom is 0.188 e. The molecule has 0 bridgehead atoms. The van der Waals surface area contributed by atoms with Gasteiger partial charge < -0.3 is 26.6 Å². The lowest BCUT2D eigenvalue weighted by molar-refractivity contribution is 0.0768. The fraction of sp³-hybridized carbons (Fsp3) is 0.317. The molecule has 1 aliphatic heterocycles. The summed E-state index contributed by atoms with van der Waals surface area (Å²) in [6, 6.07) is 20.1. The number of aromatic hydroxyl groups is 1. The number of hydrogen-bond donors (Lipinski definition) is 5. The molecule has 3 aliphatic rings. The number of aliphatic imine (C=N–C) groups is 1. The number of benzene rings is 2. The van der Waals surface area contributed by atoms with Gasteiger partial charge in [-0.1, -0.05) is 54.5 Å².